The molecule has 2 aromatic rings. The van der Waals surface area contributed by atoms with E-state index in [0.29, 0.717) is 18.9 Å². The van der Waals surface area contributed by atoms with E-state index in [-0.39, 0.29) is 24.7 Å². The Hall–Kier alpha value is -2.21. The van der Waals surface area contributed by atoms with Gasteiger partial charge in [-0.2, -0.15) is 0 Å². The van der Waals surface area contributed by atoms with Crippen molar-refractivity contribution < 1.29 is 19.7 Å². The molecule has 3 N–H and O–H groups in total. The quantitative estimate of drug-likeness (QED) is 0.337. The van der Waals surface area contributed by atoms with Crippen molar-refractivity contribution in [2.45, 2.75) is 83.5 Å². The second-order valence-electron chi connectivity index (χ2n) is 10.4. The number of aliphatic hydroxyl groups is 1. The molecule has 0 fully saturated rings. The molecular formula is C29H41NO4. The molecule has 0 radical (unpaired) electrons. The number of unbranched alkanes of at least 4 members (excludes halogenated alkanes) is 1. The highest BCUT2D eigenvalue weighted by molar-refractivity contribution is 5.66. The first-order chi connectivity index (χ1) is 16.2. The predicted molar refractivity (Wildman–Crippen MR) is 136 cm³/mol. The molecule has 34 heavy (non-hydrogen) atoms. The van der Waals surface area contributed by atoms with Gasteiger partial charge in [0.15, 0.2) is 0 Å². The van der Waals surface area contributed by atoms with Crippen molar-refractivity contribution in [3.05, 3.63) is 70.8 Å². The molecule has 0 spiro atoms. The van der Waals surface area contributed by atoms with Crippen LogP contribution in [0.15, 0.2) is 48.5 Å². The van der Waals surface area contributed by atoms with Crippen molar-refractivity contribution in [3.63, 3.8) is 0 Å². The normalized spacial score (nSPS) is 15.8. The minimum atomic E-state index is -0.746. The fourth-order valence-corrected chi connectivity index (χ4v) is 5.14. The molecule has 3 rings (SSSR count). The number of fused-ring (bicyclic) bond motifs is 1. The van der Waals surface area contributed by atoms with E-state index < -0.39 is 12.1 Å². The Morgan fingerprint density at radius 3 is 2.41 bits per heavy atom. The minimum absolute atomic E-state index is 0.0537. The molecule has 0 heterocycles. The van der Waals surface area contributed by atoms with Crippen LogP contribution in [-0.4, -0.2) is 41.0 Å². The number of aliphatic carboxylic acids is 1. The summed E-state index contributed by atoms with van der Waals surface area (Å²) in [5, 5.41) is 22.9. The molecule has 0 amide bonds. The molecule has 0 saturated heterocycles. The van der Waals surface area contributed by atoms with Crippen molar-refractivity contribution in [2.75, 3.05) is 13.2 Å². The topological polar surface area (TPSA) is 78.8 Å². The van der Waals surface area contributed by atoms with Crippen LogP contribution in [0.3, 0.4) is 0 Å². The lowest BCUT2D eigenvalue weighted by Gasteiger charge is -2.31. The minimum Gasteiger partial charge on any atom is -0.481 e. The maximum Gasteiger partial charge on any atom is 0.303 e. The van der Waals surface area contributed by atoms with Gasteiger partial charge < -0.3 is 20.3 Å². The number of ether oxygens (including phenoxy) is 1. The number of aryl methyl sites for hydroxylation is 1. The van der Waals surface area contributed by atoms with E-state index in [1.165, 1.54) is 16.7 Å². The molecule has 0 aromatic heterocycles. The van der Waals surface area contributed by atoms with Crippen LogP contribution in [0.1, 0.15) is 74.8 Å². The van der Waals surface area contributed by atoms with Crippen molar-refractivity contribution in [2.24, 2.45) is 5.92 Å². The lowest BCUT2D eigenvalue weighted by Crippen LogP contribution is -2.45. The van der Waals surface area contributed by atoms with Gasteiger partial charge in [-0.15, -0.1) is 0 Å². The van der Waals surface area contributed by atoms with E-state index in [1.807, 2.05) is 19.1 Å². The van der Waals surface area contributed by atoms with Crippen molar-refractivity contribution >= 4 is 5.97 Å². The van der Waals surface area contributed by atoms with E-state index in [4.69, 9.17) is 9.84 Å². The summed E-state index contributed by atoms with van der Waals surface area (Å²) in [5.74, 6) is -0.107. The van der Waals surface area contributed by atoms with Gasteiger partial charge in [-0.05, 0) is 87.5 Å². The number of hydrogen-bond acceptors (Lipinski definition) is 4. The number of benzene rings is 2. The summed E-state index contributed by atoms with van der Waals surface area (Å²) in [7, 11) is 0. The molecular weight excluding hydrogens is 426 g/mol. The summed E-state index contributed by atoms with van der Waals surface area (Å²) < 4.78 is 6.03. The van der Waals surface area contributed by atoms with Crippen LogP contribution in [0.2, 0.25) is 0 Å². The highest BCUT2D eigenvalue weighted by atomic mass is 16.5. The Bertz CT molecular complexity index is 901. The third kappa shape index (κ3) is 8.23. The van der Waals surface area contributed by atoms with E-state index in [0.717, 1.165) is 37.7 Å². The molecule has 186 valence electrons. The zero-order valence-corrected chi connectivity index (χ0v) is 20.9. The Morgan fingerprint density at radius 2 is 1.74 bits per heavy atom. The molecule has 2 aromatic carbocycles. The Balaban J connectivity index is 1.40. The number of β-amino-alcohol motifs (C(OH)–C–C–N with tert-alkyl or cyclic N) is 1. The first-order valence-corrected chi connectivity index (χ1v) is 12.6. The fourth-order valence-electron chi connectivity index (χ4n) is 5.14. The fraction of sp³-hybridized carbons (Fsp3) is 0.552. The van der Waals surface area contributed by atoms with Gasteiger partial charge in [0.1, 0.15) is 0 Å². The van der Waals surface area contributed by atoms with Crippen LogP contribution < -0.4 is 5.32 Å². The summed E-state index contributed by atoms with van der Waals surface area (Å²) >= 11 is 0. The van der Waals surface area contributed by atoms with Gasteiger partial charge in [0.2, 0.25) is 0 Å². The number of nitrogens with one attached hydrogen (secondary N) is 1. The highest BCUT2D eigenvalue weighted by Crippen LogP contribution is 2.32. The Labute approximate surface area is 204 Å². The van der Waals surface area contributed by atoms with Gasteiger partial charge in [-0.25, -0.2) is 0 Å². The molecule has 0 saturated carbocycles. The molecule has 0 unspecified atom stereocenters. The summed E-state index contributed by atoms with van der Waals surface area (Å²) in [4.78, 5) is 10.7. The van der Waals surface area contributed by atoms with E-state index in [2.05, 4.69) is 55.6 Å². The monoisotopic (exact) mass is 467 g/mol. The van der Waals surface area contributed by atoms with E-state index >= 15 is 0 Å². The average Bonchev–Trinajstić information content (AvgIpc) is 3.20. The molecule has 0 aliphatic heterocycles. The zero-order valence-electron chi connectivity index (χ0n) is 20.9. The average molecular weight is 468 g/mol. The third-order valence-electron chi connectivity index (χ3n) is 6.87. The second kappa shape index (κ2) is 12.5. The summed E-state index contributed by atoms with van der Waals surface area (Å²) in [5.41, 5.74) is 5.20. The predicted octanol–water partition coefficient (Wildman–Crippen LogP) is 5.10. The molecule has 1 aliphatic rings. The molecule has 1 aliphatic carbocycles. The van der Waals surface area contributed by atoms with E-state index in [1.54, 1.807) is 0 Å². The summed E-state index contributed by atoms with van der Waals surface area (Å²) in [6.45, 7) is 7.21. The van der Waals surface area contributed by atoms with Crippen molar-refractivity contribution in [1.29, 1.82) is 0 Å². The van der Waals surface area contributed by atoms with Gasteiger partial charge in [-0.1, -0.05) is 48.5 Å². The number of carboxylic acid groups (broad SMARTS) is 1. The Morgan fingerprint density at radius 1 is 1.09 bits per heavy atom. The third-order valence-corrected chi connectivity index (χ3v) is 6.87. The largest absolute Gasteiger partial charge is 0.481 e. The second-order valence-corrected chi connectivity index (χ2v) is 10.4. The van der Waals surface area contributed by atoms with Crippen LogP contribution in [-0.2, 0) is 28.8 Å². The first-order valence-electron chi connectivity index (χ1n) is 12.6. The summed E-state index contributed by atoms with van der Waals surface area (Å²) in [6, 6.07) is 16.9. The number of aliphatic hydroxyl groups excluding tert-OH is 1. The number of carboxylic acids is 1. The first kappa shape index (κ1) is 26.4. The number of rotatable bonds is 14. The van der Waals surface area contributed by atoms with Crippen LogP contribution >= 0.6 is 0 Å². The van der Waals surface area contributed by atoms with Gasteiger partial charge in [0.25, 0.3) is 0 Å². The summed E-state index contributed by atoms with van der Waals surface area (Å²) in [6.07, 6.45) is 5.19. The standard InChI is InChI=1S/C29H41NO4/c1-21(27-14-8-6-10-23(27)11-7-9-15-28(32)33)34-20-26(31)19-30-29(2,3)18-22-16-24-12-4-5-13-25(24)17-22/h4-6,8,10,12-14,21-22,26,30-31H,7,9,11,15-20H2,1-3H3,(H,32,33)/t21-,26-/m1/s1. The van der Waals surface area contributed by atoms with Crippen LogP contribution in [0.5, 0.6) is 0 Å². The van der Waals surface area contributed by atoms with Gasteiger partial charge in [0, 0.05) is 18.5 Å². The van der Waals surface area contributed by atoms with Gasteiger partial charge in [-0.3, -0.25) is 4.79 Å². The molecule has 5 heteroatoms. The van der Waals surface area contributed by atoms with Crippen molar-refractivity contribution in [1.82, 2.24) is 5.32 Å². The number of hydrogen-bond donors (Lipinski definition) is 3. The van der Waals surface area contributed by atoms with Crippen LogP contribution in [0, 0.1) is 5.92 Å². The maximum absolute atomic E-state index is 10.7. The SMILES string of the molecule is C[C@@H](OC[C@H](O)CNC(C)(C)CC1Cc2ccccc2C1)c1ccccc1CCCCC(=O)O. The molecule has 0 bridgehead atoms. The van der Waals surface area contributed by atoms with Gasteiger partial charge >= 0.3 is 5.97 Å². The number of carbonyl (C=O) groups is 1. The molecule has 5 nitrogen and oxygen atoms in total. The zero-order chi connectivity index (χ0) is 24.6. The Kier molecular flexibility index (Phi) is 9.69. The van der Waals surface area contributed by atoms with Crippen molar-refractivity contribution in [3.8, 4) is 0 Å². The maximum atomic E-state index is 10.7. The van der Waals surface area contributed by atoms with Crippen LogP contribution in [0.4, 0.5) is 0 Å². The van der Waals surface area contributed by atoms with Gasteiger partial charge in [0.05, 0.1) is 18.8 Å². The van der Waals surface area contributed by atoms with E-state index in [9.17, 15) is 9.90 Å². The lowest BCUT2D eigenvalue weighted by atomic mass is 9.88. The highest BCUT2D eigenvalue weighted by Gasteiger charge is 2.28. The van der Waals surface area contributed by atoms with Crippen LogP contribution in [0.25, 0.3) is 0 Å². The molecule has 2 atom stereocenters. The smallest absolute Gasteiger partial charge is 0.303 e. The lowest BCUT2D eigenvalue weighted by molar-refractivity contribution is -0.137.